The molecule has 0 spiro atoms. The maximum absolute atomic E-state index is 13.5. The molecule has 0 amide bonds. The molecule has 8 nitrogen and oxygen atoms in total. The van der Waals surface area contributed by atoms with E-state index in [4.69, 9.17) is 5.10 Å². The number of hydrazone groups is 1. The minimum Gasteiger partial charge on any atom is -0.297 e. The van der Waals surface area contributed by atoms with Crippen LogP contribution in [0.2, 0.25) is 0 Å². The first-order valence-electron chi connectivity index (χ1n) is 10.4. The van der Waals surface area contributed by atoms with Gasteiger partial charge in [-0.25, -0.2) is 14.2 Å². The predicted octanol–water partition coefficient (Wildman–Crippen LogP) is 2.51. The average Bonchev–Trinajstić information content (AvgIpc) is 3.22. The molecule has 166 valence electrons. The van der Waals surface area contributed by atoms with Crippen molar-refractivity contribution in [3.63, 3.8) is 0 Å². The zero-order chi connectivity index (χ0) is 23.1. The van der Waals surface area contributed by atoms with Gasteiger partial charge in [-0.1, -0.05) is 54.6 Å². The van der Waals surface area contributed by atoms with Gasteiger partial charge in [0.1, 0.15) is 5.82 Å². The molecule has 0 fully saturated rings. The highest BCUT2D eigenvalue weighted by molar-refractivity contribution is 6.02. The molecule has 2 aromatic carbocycles. The van der Waals surface area contributed by atoms with Crippen molar-refractivity contribution in [1.82, 2.24) is 18.7 Å². The minimum absolute atomic E-state index is 0.268. The SMILES string of the molecule is Cn1c(=O)c2c(nc3n2CC(c2ccc(F)cc2)=NN3C/C=C/c2ccccc2)n(C)c1=O. The maximum atomic E-state index is 13.5. The molecule has 1 aliphatic heterocycles. The van der Waals surface area contributed by atoms with Gasteiger partial charge in [-0.05, 0) is 23.3 Å². The molecule has 33 heavy (non-hydrogen) atoms. The third-order valence-corrected chi connectivity index (χ3v) is 5.67. The van der Waals surface area contributed by atoms with E-state index in [1.54, 1.807) is 28.8 Å². The summed E-state index contributed by atoms with van der Waals surface area (Å²) in [4.78, 5) is 30.0. The van der Waals surface area contributed by atoms with Crippen molar-refractivity contribution >= 4 is 28.9 Å². The molecule has 5 rings (SSSR count). The Morgan fingerprint density at radius 2 is 1.73 bits per heavy atom. The van der Waals surface area contributed by atoms with Crippen LogP contribution in [0, 0.1) is 5.82 Å². The van der Waals surface area contributed by atoms with Crippen LogP contribution >= 0.6 is 0 Å². The number of aromatic nitrogens is 4. The Kier molecular flexibility index (Phi) is 5.01. The summed E-state index contributed by atoms with van der Waals surface area (Å²) in [6.07, 6.45) is 3.93. The monoisotopic (exact) mass is 444 g/mol. The van der Waals surface area contributed by atoms with Crippen LogP contribution in [0.4, 0.5) is 10.3 Å². The van der Waals surface area contributed by atoms with E-state index in [1.165, 1.54) is 23.7 Å². The number of fused-ring (bicyclic) bond motifs is 3. The lowest BCUT2D eigenvalue weighted by atomic mass is 10.1. The fourth-order valence-electron chi connectivity index (χ4n) is 3.92. The number of hydrogen-bond acceptors (Lipinski definition) is 5. The highest BCUT2D eigenvalue weighted by Crippen LogP contribution is 2.25. The molecule has 0 radical (unpaired) electrons. The summed E-state index contributed by atoms with van der Waals surface area (Å²) >= 11 is 0. The van der Waals surface area contributed by atoms with Crippen molar-refractivity contribution in [2.45, 2.75) is 6.54 Å². The fraction of sp³-hybridized carbons (Fsp3) is 0.167. The number of hydrogen-bond donors (Lipinski definition) is 0. The van der Waals surface area contributed by atoms with E-state index in [2.05, 4.69) is 4.98 Å². The number of imidazole rings is 1. The second-order valence-electron chi connectivity index (χ2n) is 7.82. The van der Waals surface area contributed by atoms with Gasteiger partial charge >= 0.3 is 5.69 Å². The highest BCUT2D eigenvalue weighted by atomic mass is 19.1. The quantitative estimate of drug-likeness (QED) is 0.485. The van der Waals surface area contributed by atoms with E-state index in [0.29, 0.717) is 29.4 Å². The van der Waals surface area contributed by atoms with Gasteiger partial charge in [0.25, 0.3) is 5.56 Å². The molecule has 4 aromatic rings. The van der Waals surface area contributed by atoms with E-state index in [9.17, 15) is 14.0 Å². The Morgan fingerprint density at radius 3 is 2.45 bits per heavy atom. The Hall–Kier alpha value is -4.27. The van der Waals surface area contributed by atoms with Crippen LogP contribution in [0.1, 0.15) is 11.1 Å². The van der Waals surface area contributed by atoms with E-state index in [0.717, 1.165) is 15.7 Å². The molecule has 3 heterocycles. The molecule has 0 N–H and O–H groups in total. The Bertz CT molecular complexity index is 1530. The number of aryl methyl sites for hydroxylation is 1. The van der Waals surface area contributed by atoms with Crippen LogP contribution in [0.3, 0.4) is 0 Å². The first-order chi connectivity index (χ1) is 15.9. The van der Waals surface area contributed by atoms with Gasteiger partial charge in [0.05, 0.1) is 18.8 Å². The summed E-state index contributed by atoms with van der Waals surface area (Å²) in [6, 6.07) is 15.9. The Balaban J connectivity index is 1.64. The van der Waals surface area contributed by atoms with Gasteiger partial charge in [0.15, 0.2) is 11.2 Å². The summed E-state index contributed by atoms with van der Waals surface area (Å²) < 4.78 is 17.7. The molecule has 0 bridgehead atoms. The standard InChI is InChI=1S/C24H21FN6O2/c1-28-21-20(22(32)29(2)24(28)33)30-15-19(17-10-12-18(25)13-11-17)27-31(23(30)26-21)14-6-9-16-7-4-3-5-8-16/h3-13H,14-15H2,1-2H3/b9-6+. The molecular formula is C24H21FN6O2. The van der Waals surface area contributed by atoms with Crippen LogP contribution in [-0.2, 0) is 20.6 Å². The Morgan fingerprint density at radius 1 is 1.00 bits per heavy atom. The minimum atomic E-state index is -0.446. The van der Waals surface area contributed by atoms with Gasteiger partial charge in [-0.2, -0.15) is 10.1 Å². The lowest BCUT2D eigenvalue weighted by Gasteiger charge is -2.25. The van der Waals surface area contributed by atoms with Crippen molar-refractivity contribution < 1.29 is 4.39 Å². The topological polar surface area (TPSA) is 77.4 Å². The van der Waals surface area contributed by atoms with Gasteiger partial charge < -0.3 is 0 Å². The number of rotatable bonds is 4. The van der Waals surface area contributed by atoms with Gasteiger partial charge in [0.2, 0.25) is 5.95 Å². The van der Waals surface area contributed by atoms with E-state index < -0.39 is 11.2 Å². The average molecular weight is 444 g/mol. The van der Waals surface area contributed by atoms with Gasteiger partial charge in [0, 0.05) is 14.1 Å². The molecule has 1 aliphatic rings. The summed E-state index contributed by atoms with van der Waals surface area (Å²) in [5.74, 6) is 0.127. The van der Waals surface area contributed by atoms with Crippen LogP contribution in [0.25, 0.3) is 17.2 Å². The van der Waals surface area contributed by atoms with Crippen LogP contribution in [-0.4, -0.2) is 30.9 Å². The fourth-order valence-corrected chi connectivity index (χ4v) is 3.92. The molecule has 2 aromatic heterocycles. The smallest absolute Gasteiger partial charge is 0.297 e. The first-order valence-corrected chi connectivity index (χ1v) is 10.4. The van der Waals surface area contributed by atoms with Crippen molar-refractivity contribution in [2.75, 3.05) is 11.6 Å². The van der Waals surface area contributed by atoms with E-state index >= 15 is 0 Å². The molecule has 9 heteroatoms. The van der Waals surface area contributed by atoms with Crippen molar-refractivity contribution in [3.8, 4) is 0 Å². The third-order valence-electron chi connectivity index (χ3n) is 5.67. The molecule has 0 atom stereocenters. The highest BCUT2D eigenvalue weighted by Gasteiger charge is 2.27. The molecule has 0 unspecified atom stereocenters. The normalized spacial score (nSPS) is 13.5. The summed E-state index contributed by atoms with van der Waals surface area (Å²) in [7, 11) is 3.03. The third kappa shape index (κ3) is 3.57. The molecule has 0 aliphatic carbocycles. The summed E-state index contributed by atoms with van der Waals surface area (Å²) in [6.45, 7) is 0.654. The first kappa shape index (κ1) is 20.6. The van der Waals surface area contributed by atoms with Crippen LogP contribution in [0.15, 0.2) is 75.4 Å². The number of nitrogens with zero attached hydrogens (tertiary/aromatic N) is 6. The van der Waals surface area contributed by atoms with Crippen LogP contribution < -0.4 is 16.3 Å². The summed E-state index contributed by atoms with van der Waals surface area (Å²) in [5, 5.41) is 6.44. The number of halogens is 1. The number of anilines is 1. The second-order valence-corrected chi connectivity index (χ2v) is 7.82. The van der Waals surface area contributed by atoms with Gasteiger partial charge in [-0.3, -0.25) is 18.5 Å². The van der Waals surface area contributed by atoms with E-state index in [1.807, 2.05) is 42.5 Å². The van der Waals surface area contributed by atoms with Crippen molar-refractivity contribution in [2.24, 2.45) is 19.2 Å². The molecule has 0 saturated heterocycles. The lowest BCUT2D eigenvalue weighted by molar-refractivity contribution is 0.627. The maximum Gasteiger partial charge on any atom is 0.332 e. The zero-order valence-corrected chi connectivity index (χ0v) is 18.1. The van der Waals surface area contributed by atoms with Crippen LogP contribution in [0.5, 0.6) is 0 Å². The lowest BCUT2D eigenvalue weighted by Crippen LogP contribution is -2.38. The van der Waals surface area contributed by atoms with Crippen molar-refractivity contribution in [1.29, 1.82) is 0 Å². The number of benzene rings is 2. The molecular weight excluding hydrogens is 423 g/mol. The summed E-state index contributed by atoms with van der Waals surface area (Å²) in [5.41, 5.74) is 2.19. The predicted molar refractivity (Wildman–Crippen MR) is 126 cm³/mol. The second kappa shape index (κ2) is 8.01. The van der Waals surface area contributed by atoms with Gasteiger partial charge in [-0.15, -0.1) is 0 Å². The zero-order valence-electron chi connectivity index (χ0n) is 18.1. The molecule has 0 saturated carbocycles. The van der Waals surface area contributed by atoms with E-state index in [-0.39, 0.29) is 12.4 Å². The largest absolute Gasteiger partial charge is 0.332 e. The van der Waals surface area contributed by atoms with Crippen molar-refractivity contribution in [3.05, 3.63) is 98.5 Å². The Labute approximate surface area is 188 Å².